The Morgan fingerprint density at radius 1 is 1.35 bits per heavy atom. The zero-order chi connectivity index (χ0) is 14.5. The zero-order valence-electron chi connectivity index (χ0n) is 13.4. The molecule has 0 amide bonds. The van der Waals surface area contributed by atoms with Gasteiger partial charge in [-0.3, -0.25) is 0 Å². The van der Waals surface area contributed by atoms with Crippen molar-refractivity contribution >= 4 is 5.82 Å². The van der Waals surface area contributed by atoms with Gasteiger partial charge in [0.05, 0.1) is 0 Å². The summed E-state index contributed by atoms with van der Waals surface area (Å²) in [6.07, 6.45) is 3.94. The molecule has 1 fully saturated rings. The molecule has 0 spiro atoms. The van der Waals surface area contributed by atoms with Crippen LogP contribution in [0.2, 0.25) is 0 Å². The van der Waals surface area contributed by atoms with Crippen molar-refractivity contribution in [3.8, 4) is 0 Å². The maximum absolute atomic E-state index is 4.83. The van der Waals surface area contributed by atoms with Crippen molar-refractivity contribution in [2.24, 2.45) is 5.92 Å². The number of rotatable bonds is 5. The highest BCUT2D eigenvalue weighted by Gasteiger charge is 2.19. The highest BCUT2D eigenvalue weighted by atomic mass is 15.2. The van der Waals surface area contributed by atoms with Gasteiger partial charge in [0, 0.05) is 24.8 Å². The van der Waals surface area contributed by atoms with E-state index in [-0.39, 0.29) is 0 Å². The van der Waals surface area contributed by atoms with Crippen molar-refractivity contribution in [2.45, 2.75) is 59.5 Å². The van der Waals surface area contributed by atoms with Gasteiger partial charge in [-0.05, 0) is 57.2 Å². The second-order valence-electron chi connectivity index (χ2n) is 6.48. The Hall–Kier alpha value is -1.09. The molecule has 20 heavy (non-hydrogen) atoms. The maximum Gasteiger partial charge on any atom is 0.129 e. The van der Waals surface area contributed by atoms with E-state index in [0.717, 1.165) is 31.1 Å². The lowest BCUT2D eigenvalue weighted by Gasteiger charge is -2.34. The van der Waals surface area contributed by atoms with Crippen LogP contribution >= 0.6 is 0 Å². The van der Waals surface area contributed by atoms with Gasteiger partial charge in [0.25, 0.3) is 0 Å². The first-order valence-corrected chi connectivity index (χ1v) is 8.02. The van der Waals surface area contributed by atoms with Gasteiger partial charge in [-0.1, -0.05) is 19.9 Å². The topological polar surface area (TPSA) is 28.2 Å². The highest BCUT2D eigenvalue weighted by Crippen LogP contribution is 2.23. The number of hydrogen-bond donors (Lipinski definition) is 1. The van der Waals surface area contributed by atoms with E-state index in [1.54, 1.807) is 0 Å². The predicted octanol–water partition coefficient (Wildman–Crippen LogP) is 3.51. The Balaban J connectivity index is 2.01. The van der Waals surface area contributed by atoms with Crippen LogP contribution in [-0.2, 0) is 6.54 Å². The number of aryl methyl sites for hydroxylation is 1. The van der Waals surface area contributed by atoms with Gasteiger partial charge >= 0.3 is 0 Å². The summed E-state index contributed by atoms with van der Waals surface area (Å²) < 4.78 is 0. The van der Waals surface area contributed by atoms with E-state index in [2.05, 4.69) is 50.0 Å². The summed E-state index contributed by atoms with van der Waals surface area (Å²) >= 11 is 0. The third-order valence-corrected chi connectivity index (χ3v) is 4.15. The Kier molecular flexibility index (Phi) is 5.41. The minimum atomic E-state index is 0.626. The summed E-state index contributed by atoms with van der Waals surface area (Å²) in [6, 6.07) is 5.06. The molecule has 1 unspecified atom stereocenters. The fraction of sp³-hybridized carbons (Fsp3) is 0.706. The van der Waals surface area contributed by atoms with Crippen LogP contribution in [-0.4, -0.2) is 24.1 Å². The molecule has 2 heterocycles. The lowest BCUT2D eigenvalue weighted by Crippen LogP contribution is -2.38. The van der Waals surface area contributed by atoms with Crippen LogP contribution in [0.1, 0.15) is 51.3 Å². The molecular weight excluding hydrogens is 246 g/mol. The molecule has 2 rings (SSSR count). The molecule has 0 aromatic carbocycles. The monoisotopic (exact) mass is 275 g/mol. The first kappa shape index (κ1) is 15.3. The molecule has 1 aliphatic rings. The van der Waals surface area contributed by atoms with Gasteiger partial charge in [0.15, 0.2) is 0 Å². The van der Waals surface area contributed by atoms with E-state index in [4.69, 9.17) is 4.98 Å². The Labute approximate surface area is 123 Å². The van der Waals surface area contributed by atoms with Crippen LogP contribution in [0.5, 0.6) is 0 Å². The number of aromatic nitrogens is 1. The van der Waals surface area contributed by atoms with Crippen molar-refractivity contribution in [3.05, 3.63) is 23.4 Å². The molecule has 0 saturated carbocycles. The standard InChI is InChI=1S/C17H29N3/c1-13(2)11-18-12-16-8-9-17(19-15(16)4)20-10-6-5-7-14(20)3/h8-9,13-14,18H,5-7,10-12H2,1-4H3. The van der Waals surface area contributed by atoms with Crippen molar-refractivity contribution in [1.29, 1.82) is 0 Å². The molecule has 3 nitrogen and oxygen atoms in total. The van der Waals surface area contributed by atoms with Crippen molar-refractivity contribution in [2.75, 3.05) is 18.0 Å². The number of anilines is 1. The fourth-order valence-corrected chi connectivity index (χ4v) is 2.86. The molecule has 112 valence electrons. The quantitative estimate of drug-likeness (QED) is 0.891. The fourth-order valence-electron chi connectivity index (χ4n) is 2.86. The van der Waals surface area contributed by atoms with Crippen LogP contribution in [0.3, 0.4) is 0 Å². The van der Waals surface area contributed by atoms with E-state index in [1.165, 1.54) is 24.8 Å². The molecule has 1 aliphatic heterocycles. The van der Waals surface area contributed by atoms with Crippen LogP contribution in [0.25, 0.3) is 0 Å². The number of nitrogens with zero attached hydrogens (tertiary/aromatic N) is 2. The Morgan fingerprint density at radius 3 is 2.80 bits per heavy atom. The number of pyridine rings is 1. The summed E-state index contributed by atoms with van der Waals surface area (Å²) in [6.45, 7) is 12.0. The predicted molar refractivity (Wildman–Crippen MR) is 86.2 cm³/mol. The second kappa shape index (κ2) is 7.07. The first-order valence-electron chi connectivity index (χ1n) is 8.02. The summed E-state index contributed by atoms with van der Waals surface area (Å²) in [5, 5.41) is 3.50. The smallest absolute Gasteiger partial charge is 0.129 e. The lowest BCUT2D eigenvalue weighted by atomic mass is 10.0. The van der Waals surface area contributed by atoms with Gasteiger partial charge < -0.3 is 10.2 Å². The molecule has 1 atom stereocenters. The maximum atomic E-state index is 4.83. The van der Waals surface area contributed by atoms with Gasteiger partial charge in [-0.15, -0.1) is 0 Å². The van der Waals surface area contributed by atoms with Crippen LogP contribution in [0, 0.1) is 12.8 Å². The van der Waals surface area contributed by atoms with Gasteiger partial charge in [-0.25, -0.2) is 4.98 Å². The second-order valence-corrected chi connectivity index (χ2v) is 6.48. The van der Waals surface area contributed by atoms with Crippen molar-refractivity contribution in [3.63, 3.8) is 0 Å². The van der Waals surface area contributed by atoms with E-state index in [0.29, 0.717) is 12.0 Å². The third-order valence-electron chi connectivity index (χ3n) is 4.15. The number of hydrogen-bond acceptors (Lipinski definition) is 3. The van der Waals surface area contributed by atoms with Crippen molar-refractivity contribution in [1.82, 2.24) is 10.3 Å². The van der Waals surface area contributed by atoms with Gasteiger partial charge in [0.2, 0.25) is 0 Å². The van der Waals surface area contributed by atoms with Gasteiger partial charge in [0.1, 0.15) is 5.82 Å². The molecule has 0 bridgehead atoms. The minimum Gasteiger partial charge on any atom is -0.354 e. The Morgan fingerprint density at radius 2 is 2.15 bits per heavy atom. The molecular formula is C17H29N3. The largest absolute Gasteiger partial charge is 0.354 e. The SMILES string of the molecule is Cc1nc(N2CCCCC2C)ccc1CNCC(C)C. The molecule has 1 aromatic rings. The van der Waals surface area contributed by atoms with Gasteiger partial charge in [-0.2, -0.15) is 0 Å². The zero-order valence-corrected chi connectivity index (χ0v) is 13.4. The van der Waals surface area contributed by atoms with Crippen molar-refractivity contribution < 1.29 is 0 Å². The molecule has 3 heteroatoms. The van der Waals surface area contributed by atoms with E-state index in [1.807, 2.05) is 0 Å². The minimum absolute atomic E-state index is 0.626. The summed E-state index contributed by atoms with van der Waals surface area (Å²) in [7, 11) is 0. The number of piperidine rings is 1. The van der Waals surface area contributed by atoms with E-state index < -0.39 is 0 Å². The van der Waals surface area contributed by atoms with E-state index in [9.17, 15) is 0 Å². The average molecular weight is 275 g/mol. The lowest BCUT2D eigenvalue weighted by molar-refractivity contribution is 0.480. The summed E-state index contributed by atoms with van der Waals surface area (Å²) in [5.41, 5.74) is 2.48. The molecule has 0 aliphatic carbocycles. The Bertz CT molecular complexity index is 428. The first-order chi connectivity index (χ1) is 9.58. The molecule has 1 aromatic heterocycles. The average Bonchev–Trinajstić information content (AvgIpc) is 2.41. The van der Waals surface area contributed by atoms with Crippen LogP contribution in [0.15, 0.2) is 12.1 Å². The van der Waals surface area contributed by atoms with Crippen LogP contribution in [0.4, 0.5) is 5.82 Å². The van der Waals surface area contributed by atoms with E-state index >= 15 is 0 Å². The molecule has 1 N–H and O–H groups in total. The molecule has 0 radical (unpaired) electrons. The highest BCUT2D eigenvalue weighted by molar-refractivity contribution is 5.43. The number of nitrogens with one attached hydrogen (secondary N) is 1. The molecule has 1 saturated heterocycles. The van der Waals surface area contributed by atoms with Crippen LogP contribution < -0.4 is 10.2 Å². The third kappa shape index (κ3) is 3.95. The summed E-state index contributed by atoms with van der Waals surface area (Å²) in [5.74, 6) is 1.85. The normalized spacial score (nSPS) is 19.6. The summed E-state index contributed by atoms with van der Waals surface area (Å²) in [4.78, 5) is 7.29.